The zero-order valence-corrected chi connectivity index (χ0v) is 22.4. The summed E-state index contributed by atoms with van der Waals surface area (Å²) in [7, 11) is 0. The average molecular weight is 515 g/mol. The number of aliphatic hydroxyl groups is 1. The van der Waals surface area contributed by atoms with Gasteiger partial charge < -0.3 is 19.6 Å². The third-order valence-electron chi connectivity index (χ3n) is 8.13. The molecule has 1 aromatic carbocycles. The summed E-state index contributed by atoms with van der Waals surface area (Å²) in [5.74, 6) is -1.89. The van der Waals surface area contributed by atoms with E-state index in [0.29, 0.717) is 13.0 Å². The maximum atomic E-state index is 14.4. The molecule has 8 heteroatoms. The maximum Gasteiger partial charge on any atom is 0.310 e. The molecule has 1 aromatic rings. The van der Waals surface area contributed by atoms with Gasteiger partial charge in [0.05, 0.1) is 35.8 Å². The number of benzene rings is 1. The van der Waals surface area contributed by atoms with Crippen LogP contribution in [0.4, 0.5) is 0 Å². The van der Waals surface area contributed by atoms with Crippen molar-refractivity contribution in [2.45, 2.75) is 68.7 Å². The van der Waals surface area contributed by atoms with Crippen LogP contribution >= 0.6 is 11.8 Å². The van der Waals surface area contributed by atoms with Gasteiger partial charge in [0.1, 0.15) is 6.04 Å². The lowest BCUT2D eigenvalue weighted by Gasteiger charge is -2.42. The molecule has 196 valence electrons. The number of likely N-dealkylation sites (tertiary alicyclic amines) is 1. The third kappa shape index (κ3) is 4.16. The van der Waals surface area contributed by atoms with Crippen molar-refractivity contribution >= 4 is 29.5 Å². The van der Waals surface area contributed by atoms with E-state index in [9.17, 15) is 19.5 Å². The SMILES string of the molecule is C=CCN(C(=O)C1N([C@@H](CO)Cc2ccccc2)C(=O)[C@@H]2[C@@H](C(=O)OCC)[C@H]3CC(C)C12S3)C(C)C. The number of fused-ring (bicyclic) bond motifs is 1. The Morgan fingerprint density at radius 3 is 2.61 bits per heavy atom. The van der Waals surface area contributed by atoms with Gasteiger partial charge in [-0.3, -0.25) is 14.4 Å². The molecule has 3 saturated heterocycles. The number of hydrogen-bond donors (Lipinski definition) is 1. The van der Waals surface area contributed by atoms with Gasteiger partial charge in [0.2, 0.25) is 11.8 Å². The number of rotatable bonds is 10. The van der Waals surface area contributed by atoms with Gasteiger partial charge in [0, 0.05) is 17.8 Å². The second kappa shape index (κ2) is 10.6. The smallest absolute Gasteiger partial charge is 0.310 e. The first-order valence-corrected chi connectivity index (χ1v) is 13.8. The first kappa shape index (κ1) is 26.7. The van der Waals surface area contributed by atoms with Gasteiger partial charge >= 0.3 is 5.97 Å². The number of carbonyl (C=O) groups is 3. The van der Waals surface area contributed by atoms with Crippen LogP contribution in [0.1, 0.15) is 39.7 Å². The maximum absolute atomic E-state index is 14.4. The Labute approximate surface area is 218 Å². The van der Waals surface area contributed by atoms with E-state index in [1.807, 2.05) is 44.2 Å². The number of hydrogen-bond acceptors (Lipinski definition) is 6. The fraction of sp³-hybridized carbons (Fsp3) is 0.607. The second-order valence-electron chi connectivity index (χ2n) is 10.4. The van der Waals surface area contributed by atoms with Crippen LogP contribution in [0.3, 0.4) is 0 Å². The molecule has 7 nitrogen and oxygen atoms in total. The number of amides is 2. The second-order valence-corrected chi connectivity index (χ2v) is 12.0. The Morgan fingerprint density at radius 2 is 2.03 bits per heavy atom. The molecule has 36 heavy (non-hydrogen) atoms. The molecule has 3 unspecified atom stereocenters. The lowest BCUT2D eigenvalue weighted by atomic mass is 9.66. The number of aliphatic hydroxyl groups excluding tert-OH is 1. The van der Waals surface area contributed by atoms with Gasteiger partial charge in [-0.2, -0.15) is 0 Å². The highest BCUT2D eigenvalue weighted by molar-refractivity contribution is 8.02. The minimum absolute atomic E-state index is 0.0555. The zero-order chi connectivity index (χ0) is 26.2. The predicted octanol–water partition coefficient (Wildman–Crippen LogP) is 2.91. The minimum Gasteiger partial charge on any atom is -0.466 e. The number of esters is 1. The largest absolute Gasteiger partial charge is 0.466 e. The van der Waals surface area contributed by atoms with Crippen molar-refractivity contribution in [3.63, 3.8) is 0 Å². The van der Waals surface area contributed by atoms with E-state index in [0.717, 1.165) is 12.0 Å². The van der Waals surface area contributed by atoms with E-state index in [2.05, 4.69) is 13.5 Å². The van der Waals surface area contributed by atoms with Crippen LogP contribution in [0, 0.1) is 17.8 Å². The minimum atomic E-state index is -0.775. The lowest BCUT2D eigenvalue weighted by molar-refractivity contribution is -0.154. The highest BCUT2D eigenvalue weighted by Gasteiger charge is 2.77. The molecule has 3 fully saturated rings. The Bertz CT molecular complexity index is 1000. The topological polar surface area (TPSA) is 87.2 Å². The van der Waals surface area contributed by atoms with E-state index < -0.39 is 28.7 Å². The highest BCUT2D eigenvalue weighted by atomic mass is 32.2. The summed E-state index contributed by atoms with van der Waals surface area (Å²) in [6, 6.07) is 8.24. The van der Waals surface area contributed by atoms with Crippen molar-refractivity contribution < 1.29 is 24.2 Å². The van der Waals surface area contributed by atoms with Crippen LogP contribution in [-0.2, 0) is 25.5 Å². The van der Waals surface area contributed by atoms with Gasteiger partial charge in [-0.05, 0) is 45.1 Å². The molecule has 1 spiro atoms. The molecular weight excluding hydrogens is 476 g/mol. The van der Waals surface area contributed by atoms with Crippen LogP contribution < -0.4 is 0 Å². The summed E-state index contributed by atoms with van der Waals surface area (Å²) >= 11 is 1.63. The molecule has 3 heterocycles. The Hall–Kier alpha value is -2.32. The fourth-order valence-electron chi connectivity index (χ4n) is 6.63. The van der Waals surface area contributed by atoms with Crippen LogP contribution in [-0.4, -0.2) is 80.6 Å². The van der Waals surface area contributed by atoms with Gasteiger partial charge in [-0.25, -0.2) is 0 Å². The molecule has 0 radical (unpaired) electrons. The molecule has 0 saturated carbocycles. The van der Waals surface area contributed by atoms with Crippen LogP contribution in [0.2, 0.25) is 0 Å². The molecule has 0 aromatic heterocycles. The van der Waals surface area contributed by atoms with Crippen LogP contribution in [0.25, 0.3) is 0 Å². The first-order valence-electron chi connectivity index (χ1n) is 13.0. The highest BCUT2D eigenvalue weighted by Crippen LogP contribution is 2.69. The molecule has 2 bridgehead atoms. The molecule has 4 rings (SSSR count). The van der Waals surface area contributed by atoms with Gasteiger partial charge in [-0.15, -0.1) is 18.3 Å². The lowest BCUT2D eigenvalue weighted by Crippen LogP contribution is -2.60. The summed E-state index contributed by atoms with van der Waals surface area (Å²) in [6.45, 7) is 11.9. The number of thioether (sulfide) groups is 1. The molecule has 3 aliphatic heterocycles. The van der Waals surface area contributed by atoms with Crippen molar-refractivity contribution in [1.82, 2.24) is 9.80 Å². The summed E-state index contributed by atoms with van der Waals surface area (Å²) in [6.07, 6.45) is 2.87. The van der Waals surface area contributed by atoms with Gasteiger partial charge in [-0.1, -0.05) is 43.3 Å². The van der Waals surface area contributed by atoms with Crippen molar-refractivity contribution in [3.05, 3.63) is 48.6 Å². The average Bonchev–Trinajstić information content (AvgIpc) is 3.45. The van der Waals surface area contributed by atoms with E-state index in [-0.39, 0.29) is 48.2 Å². The van der Waals surface area contributed by atoms with Crippen molar-refractivity contribution in [2.75, 3.05) is 19.8 Å². The van der Waals surface area contributed by atoms with E-state index in [1.54, 1.807) is 34.6 Å². The predicted molar refractivity (Wildman–Crippen MR) is 140 cm³/mol. The molecule has 0 aliphatic carbocycles. The molecule has 3 aliphatic rings. The van der Waals surface area contributed by atoms with Gasteiger partial charge in [0.15, 0.2) is 0 Å². The molecule has 1 N–H and O–H groups in total. The first-order chi connectivity index (χ1) is 17.2. The summed E-state index contributed by atoms with van der Waals surface area (Å²) in [4.78, 5) is 45.2. The third-order valence-corrected chi connectivity index (χ3v) is 10.2. The fourth-order valence-corrected chi connectivity index (χ4v) is 9.02. The molecular formula is C28H38N2O5S. The summed E-state index contributed by atoms with van der Waals surface area (Å²) in [5, 5.41) is 10.5. The Kier molecular flexibility index (Phi) is 7.86. The normalized spacial score (nSPS) is 31.4. The van der Waals surface area contributed by atoms with E-state index >= 15 is 0 Å². The summed E-state index contributed by atoms with van der Waals surface area (Å²) < 4.78 is 4.68. The van der Waals surface area contributed by atoms with Crippen molar-refractivity contribution in [3.8, 4) is 0 Å². The number of ether oxygens (including phenoxy) is 1. The van der Waals surface area contributed by atoms with Crippen LogP contribution in [0.15, 0.2) is 43.0 Å². The van der Waals surface area contributed by atoms with Gasteiger partial charge in [0.25, 0.3) is 0 Å². The number of nitrogens with zero attached hydrogens (tertiary/aromatic N) is 2. The van der Waals surface area contributed by atoms with Crippen molar-refractivity contribution in [2.24, 2.45) is 17.8 Å². The van der Waals surface area contributed by atoms with E-state index in [4.69, 9.17) is 4.74 Å². The molecule has 2 amide bonds. The van der Waals surface area contributed by atoms with E-state index in [1.165, 1.54) is 0 Å². The quantitative estimate of drug-likeness (QED) is 0.382. The summed E-state index contributed by atoms with van der Waals surface area (Å²) in [5.41, 5.74) is 0.976. The van der Waals surface area contributed by atoms with Crippen LogP contribution in [0.5, 0.6) is 0 Å². The van der Waals surface area contributed by atoms with Crippen molar-refractivity contribution in [1.29, 1.82) is 0 Å². The number of carbonyl (C=O) groups excluding carboxylic acids is 3. The zero-order valence-electron chi connectivity index (χ0n) is 21.6. The monoisotopic (exact) mass is 514 g/mol. The Balaban J connectivity index is 1.83. The Morgan fingerprint density at radius 1 is 1.33 bits per heavy atom. The standard InChI is InChI=1S/C28H38N2O5S/c1-6-13-29(17(3)4)26(33)24-28-18(5)14-21(36-28)22(27(34)35-7-2)23(28)25(32)30(24)20(16-31)15-19-11-9-8-10-12-19/h6,8-12,17-18,20-24,31H,1,7,13-16H2,2-5H3/t18?,20-,21-,22+,23+,24?,28?/m1/s1. The molecule has 7 atom stereocenters.